The lowest BCUT2D eigenvalue weighted by atomic mass is 9.99. The summed E-state index contributed by atoms with van der Waals surface area (Å²) in [6, 6.07) is 0. The van der Waals surface area contributed by atoms with Gasteiger partial charge in [-0.15, -0.1) is 0 Å². The quantitative estimate of drug-likeness (QED) is 0.461. The Labute approximate surface area is 64.8 Å². The van der Waals surface area contributed by atoms with Crippen molar-refractivity contribution in [1.29, 1.82) is 0 Å². The summed E-state index contributed by atoms with van der Waals surface area (Å²) in [6.07, 6.45) is 0.887. The molecule has 0 saturated carbocycles. The Balaban J connectivity index is 2.38. The number of nitrogens with zero attached hydrogens (tertiary/aromatic N) is 1. The lowest BCUT2D eigenvalue weighted by Gasteiger charge is -2.35. The van der Waals surface area contributed by atoms with E-state index in [4.69, 9.17) is 5.11 Å². The van der Waals surface area contributed by atoms with Crippen LogP contribution in [0.4, 0.5) is 0 Å². The van der Waals surface area contributed by atoms with Crippen LogP contribution in [0.2, 0.25) is 0 Å². The summed E-state index contributed by atoms with van der Waals surface area (Å²) in [5.41, 5.74) is 0. The standard InChI is InChI=1S/C7H11NO3/c1-2-3-8-4-5(6(8)9)7(10)11/h5H,2-4H2,1H3,(H,10,11). The van der Waals surface area contributed by atoms with Crippen LogP contribution in [0.3, 0.4) is 0 Å². The maximum Gasteiger partial charge on any atom is 0.317 e. The minimum Gasteiger partial charge on any atom is -0.481 e. The van der Waals surface area contributed by atoms with Crippen LogP contribution in [-0.2, 0) is 9.59 Å². The molecule has 1 saturated heterocycles. The van der Waals surface area contributed by atoms with Crippen molar-refractivity contribution in [3.8, 4) is 0 Å². The van der Waals surface area contributed by atoms with Crippen molar-refractivity contribution in [3.05, 3.63) is 0 Å². The summed E-state index contributed by atoms with van der Waals surface area (Å²) in [5.74, 6) is -2.00. The number of rotatable bonds is 3. The van der Waals surface area contributed by atoms with Crippen LogP contribution in [0.1, 0.15) is 13.3 Å². The minimum absolute atomic E-state index is 0.237. The first-order valence-corrected chi connectivity index (χ1v) is 3.68. The number of carbonyl (C=O) groups is 2. The maximum atomic E-state index is 10.9. The van der Waals surface area contributed by atoms with E-state index in [1.165, 1.54) is 0 Å². The molecule has 1 fully saturated rings. The van der Waals surface area contributed by atoms with Gasteiger partial charge in [-0.05, 0) is 6.42 Å². The number of likely N-dealkylation sites (tertiary alicyclic amines) is 1. The van der Waals surface area contributed by atoms with Gasteiger partial charge in [0.25, 0.3) is 0 Å². The molecule has 4 nitrogen and oxygen atoms in total. The number of hydrogen-bond donors (Lipinski definition) is 1. The Morgan fingerprint density at radius 3 is 2.82 bits per heavy atom. The number of carbonyl (C=O) groups excluding carboxylic acids is 1. The van der Waals surface area contributed by atoms with Gasteiger partial charge >= 0.3 is 5.97 Å². The molecule has 1 amide bonds. The molecule has 0 spiro atoms. The summed E-state index contributed by atoms with van der Waals surface area (Å²) >= 11 is 0. The molecule has 0 aromatic heterocycles. The van der Waals surface area contributed by atoms with E-state index in [0.29, 0.717) is 13.1 Å². The first-order valence-electron chi connectivity index (χ1n) is 3.68. The zero-order chi connectivity index (χ0) is 8.43. The molecule has 1 atom stereocenters. The molecule has 0 aliphatic carbocycles. The fourth-order valence-corrected chi connectivity index (χ4v) is 1.15. The van der Waals surface area contributed by atoms with Crippen LogP contribution in [-0.4, -0.2) is 35.0 Å². The largest absolute Gasteiger partial charge is 0.481 e. The second-order valence-corrected chi connectivity index (χ2v) is 2.68. The molecule has 0 radical (unpaired) electrons. The molecule has 1 aliphatic rings. The number of carboxylic acid groups (broad SMARTS) is 1. The van der Waals surface area contributed by atoms with Gasteiger partial charge in [0.05, 0.1) is 0 Å². The van der Waals surface area contributed by atoms with Crippen molar-refractivity contribution < 1.29 is 14.7 Å². The SMILES string of the molecule is CCCN1CC(C(=O)O)C1=O. The van der Waals surface area contributed by atoms with Gasteiger partial charge in [-0.2, -0.15) is 0 Å². The van der Waals surface area contributed by atoms with Gasteiger partial charge in [-0.3, -0.25) is 9.59 Å². The van der Waals surface area contributed by atoms with Crippen molar-refractivity contribution in [2.75, 3.05) is 13.1 Å². The Hall–Kier alpha value is -1.06. The summed E-state index contributed by atoms with van der Waals surface area (Å²) in [4.78, 5) is 22.8. The molecule has 11 heavy (non-hydrogen) atoms. The Morgan fingerprint density at radius 1 is 1.82 bits per heavy atom. The van der Waals surface area contributed by atoms with E-state index >= 15 is 0 Å². The van der Waals surface area contributed by atoms with E-state index in [2.05, 4.69) is 0 Å². The average Bonchev–Trinajstić information content (AvgIpc) is 1.95. The van der Waals surface area contributed by atoms with E-state index in [9.17, 15) is 9.59 Å². The molecular weight excluding hydrogens is 146 g/mol. The molecule has 4 heteroatoms. The number of aliphatic carboxylic acids is 1. The van der Waals surface area contributed by atoms with Crippen molar-refractivity contribution in [3.63, 3.8) is 0 Å². The Kier molecular flexibility index (Phi) is 2.12. The first kappa shape index (κ1) is 8.04. The summed E-state index contributed by atoms with van der Waals surface area (Å²) < 4.78 is 0. The van der Waals surface area contributed by atoms with E-state index in [1.807, 2.05) is 6.92 Å². The van der Waals surface area contributed by atoms with Gasteiger partial charge in [0.2, 0.25) is 5.91 Å². The first-order chi connectivity index (χ1) is 5.16. The maximum absolute atomic E-state index is 10.9. The number of amides is 1. The number of β-lactam (4-membered cyclic amide) rings is 1. The highest BCUT2D eigenvalue weighted by Gasteiger charge is 2.41. The topological polar surface area (TPSA) is 57.6 Å². The summed E-state index contributed by atoms with van der Waals surface area (Å²) in [6.45, 7) is 3.03. The van der Waals surface area contributed by atoms with Crippen LogP contribution >= 0.6 is 0 Å². The third kappa shape index (κ3) is 1.34. The fraction of sp³-hybridized carbons (Fsp3) is 0.714. The van der Waals surface area contributed by atoms with Crippen LogP contribution in [0.5, 0.6) is 0 Å². The van der Waals surface area contributed by atoms with Crippen molar-refractivity contribution in [2.45, 2.75) is 13.3 Å². The van der Waals surface area contributed by atoms with E-state index < -0.39 is 11.9 Å². The molecule has 0 bridgehead atoms. The molecule has 62 valence electrons. The molecule has 1 heterocycles. The zero-order valence-corrected chi connectivity index (χ0v) is 6.41. The highest BCUT2D eigenvalue weighted by atomic mass is 16.4. The summed E-state index contributed by atoms with van der Waals surface area (Å²) in [7, 11) is 0. The van der Waals surface area contributed by atoms with Gasteiger partial charge in [0.1, 0.15) is 0 Å². The number of carboxylic acids is 1. The van der Waals surface area contributed by atoms with Gasteiger partial charge in [-0.1, -0.05) is 6.92 Å². The van der Waals surface area contributed by atoms with Crippen molar-refractivity contribution >= 4 is 11.9 Å². The highest BCUT2D eigenvalue weighted by molar-refractivity contribution is 6.01. The smallest absolute Gasteiger partial charge is 0.317 e. The van der Waals surface area contributed by atoms with Gasteiger partial charge in [0.15, 0.2) is 5.92 Å². The monoisotopic (exact) mass is 157 g/mol. The fourth-order valence-electron chi connectivity index (χ4n) is 1.15. The van der Waals surface area contributed by atoms with Crippen LogP contribution in [0, 0.1) is 5.92 Å². The Morgan fingerprint density at radius 2 is 2.45 bits per heavy atom. The molecule has 0 aromatic carbocycles. The van der Waals surface area contributed by atoms with E-state index in [1.54, 1.807) is 4.90 Å². The number of hydrogen-bond acceptors (Lipinski definition) is 2. The van der Waals surface area contributed by atoms with Crippen molar-refractivity contribution in [1.82, 2.24) is 4.90 Å². The van der Waals surface area contributed by atoms with Crippen LogP contribution in [0.25, 0.3) is 0 Å². The second-order valence-electron chi connectivity index (χ2n) is 2.68. The predicted octanol–water partition coefficient (Wildman–Crippen LogP) is -0.0606. The molecule has 1 N–H and O–H groups in total. The molecule has 0 aromatic rings. The van der Waals surface area contributed by atoms with Crippen LogP contribution in [0.15, 0.2) is 0 Å². The minimum atomic E-state index is -0.998. The van der Waals surface area contributed by atoms with Gasteiger partial charge in [0, 0.05) is 13.1 Å². The summed E-state index contributed by atoms with van der Waals surface area (Å²) in [5, 5.41) is 8.44. The molecule has 1 rings (SSSR count). The van der Waals surface area contributed by atoms with Gasteiger partial charge < -0.3 is 10.0 Å². The van der Waals surface area contributed by atoms with Crippen LogP contribution < -0.4 is 0 Å². The third-order valence-corrected chi connectivity index (χ3v) is 1.80. The zero-order valence-electron chi connectivity index (χ0n) is 6.41. The average molecular weight is 157 g/mol. The highest BCUT2D eigenvalue weighted by Crippen LogP contribution is 2.17. The normalized spacial score (nSPS) is 23.2. The molecule has 1 aliphatic heterocycles. The molecule has 1 unspecified atom stereocenters. The lowest BCUT2D eigenvalue weighted by molar-refractivity contribution is -0.162. The second kappa shape index (κ2) is 2.90. The molecular formula is C7H11NO3. The third-order valence-electron chi connectivity index (χ3n) is 1.80. The van der Waals surface area contributed by atoms with Crippen molar-refractivity contribution in [2.24, 2.45) is 5.92 Å². The lowest BCUT2D eigenvalue weighted by Crippen LogP contribution is -2.55. The Bertz CT molecular complexity index is 190. The van der Waals surface area contributed by atoms with E-state index in [0.717, 1.165) is 6.42 Å². The predicted molar refractivity (Wildman–Crippen MR) is 38.0 cm³/mol. The van der Waals surface area contributed by atoms with Gasteiger partial charge in [-0.25, -0.2) is 0 Å². The van der Waals surface area contributed by atoms with E-state index in [-0.39, 0.29) is 5.91 Å².